The zero-order chi connectivity index (χ0) is 14.6. The van der Waals surface area contributed by atoms with Crippen LogP contribution in [0, 0.1) is 5.92 Å². The molecule has 0 bridgehead atoms. The van der Waals surface area contributed by atoms with Gasteiger partial charge in [0.1, 0.15) is 0 Å². The van der Waals surface area contributed by atoms with E-state index in [1.165, 1.54) is 51.4 Å². The molecule has 1 saturated carbocycles. The van der Waals surface area contributed by atoms with Gasteiger partial charge in [-0.15, -0.1) is 0 Å². The van der Waals surface area contributed by atoms with Crippen molar-refractivity contribution >= 4 is 5.91 Å². The lowest BCUT2D eigenvalue weighted by Gasteiger charge is -2.20. The van der Waals surface area contributed by atoms with Crippen LogP contribution in [0.3, 0.4) is 0 Å². The highest BCUT2D eigenvalue weighted by Crippen LogP contribution is 2.30. The molecular weight excluding hydrogens is 252 g/mol. The molecule has 0 heterocycles. The lowest BCUT2D eigenvalue weighted by molar-refractivity contribution is -0.120. The zero-order valence-electron chi connectivity index (χ0n) is 13.2. The summed E-state index contributed by atoms with van der Waals surface area (Å²) in [6.45, 7) is 3.87. The van der Waals surface area contributed by atoms with Gasteiger partial charge in [-0.05, 0) is 25.2 Å². The molecule has 0 unspecified atom stereocenters. The summed E-state index contributed by atoms with van der Waals surface area (Å²) < 4.78 is 4.92. The van der Waals surface area contributed by atoms with Crippen molar-refractivity contribution < 1.29 is 9.53 Å². The molecule has 0 aromatic rings. The van der Waals surface area contributed by atoms with Crippen molar-refractivity contribution in [2.24, 2.45) is 5.92 Å². The van der Waals surface area contributed by atoms with E-state index in [1.54, 1.807) is 7.11 Å². The maximum Gasteiger partial charge on any atom is 0.234 e. The second-order valence-electron chi connectivity index (χ2n) is 5.87. The highest BCUT2D eigenvalue weighted by molar-refractivity contribution is 5.77. The first-order chi connectivity index (χ1) is 9.77. The summed E-state index contributed by atoms with van der Waals surface area (Å²) in [4.78, 5) is 11.7. The van der Waals surface area contributed by atoms with Crippen LogP contribution in [0.5, 0.6) is 0 Å². The molecule has 1 rings (SSSR count). The molecule has 4 heteroatoms. The first kappa shape index (κ1) is 17.4. The molecule has 1 aliphatic carbocycles. The van der Waals surface area contributed by atoms with Gasteiger partial charge in [0, 0.05) is 19.7 Å². The summed E-state index contributed by atoms with van der Waals surface area (Å²) in [6, 6.07) is 0.546. The van der Waals surface area contributed by atoms with Crippen LogP contribution < -0.4 is 10.6 Å². The van der Waals surface area contributed by atoms with Crippen molar-refractivity contribution in [2.75, 3.05) is 26.8 Å². The first-order valence-electron chi connectivity index (χ1n) is 8.27. The van der Waals surface area contributed by atoms with E-state index in [0.717, 1.165) is 5.92 Å². The molecule has 1 aliphatic rings. The summed E-state index contributed by atoms with van der Waals surface area (Å²) in [6.07, 6.45) is 10.5. The number of carbonyl (C=O) groups is 1. The minimum absolute atomic E-state index is 0.0821. The van der Waals surface area contributed by atoms with Gasteiger partial charge >= 0.3 is 0 Å². The van der Waals surface area contributed by atoms with Gasteiger partial charge in [0.05, 0.1) is 13.2 Å². The van der Waals surface area contributed by atoms with E-state index >= 15 is 0 Å². The number of rotatable bonds is 11. The molecule has 0 saturated heterocycles. The van der Waals surface area contributed by atoms with Gasteiger partial charge in [-0.1, -0.05) is 39.0 Å². The van der Waals surface area contributed by atoms with E-state index in [0.29, 0.717) is 25.7 Å². The molecule has 20 heavy (non-hydrogen) atoms. The highest BCUT2D eigenvalue weighted by atomic mass is 16.5. The summed E-state index contributed by atoms with van der Waals surface area (Å²) in [5.74, 6) is 0.859. The summed E-state index contributed by atoms with van der Waals surface area (Å²) in [7, 11) is 1.64. The Bertz CT molecular complexity index is 259. The van der Waals surface area contributed by atoms with Crippen LogP contribution in [0.15, 0.2) is 0 Å². The normalized spacial score (nSPS) is 22.1. The van der Waals surface area contributed by atoms with E-state index in [4.69, 9.17) is 4.74 Å². The van der Waals surface area contributed by atoms with Gasteiger partial charge in [-0.25, -0.2) is 0 Å². The number of amides is 1. The maximum absolute atomic E-state index is 11.7. The van der Waals surface area contributed by atoms with Crippen molar-refractivity contribution in [2.45, 2.75) is 64.3 Å². The summed E-state index contributed by atoms with van der Waals surface area (Å²) >= 11 is 0. The van der Waals surface area contributed by atoms with Crippen LogP contribution in [-0.2, 0) is 9.53 Å². The number of unbranched alkanes of at least 4 members (excludes halogenated alkanes) is 3. The Morgan fingerprint density at radius 2 is 2.10 bits per heavy atom. The Labute approximate surface area is 124 Å². The molecule has 118 valence electrons. The molecule has 0 aromatic carbocycles. The summed E-state index contributed by atoms with van der Waals surface area (Å²) in [5, 5.41) is 6.30. The van der Waals surface area contributed by atoms with Crippen molar-refractivity contribution in [3.63, 3.8) is 0 Å². The van der Waals surface area contributed by atoms with Gasteiger partial charge < -0.3 is 15.4 Å². The third kappa shape index (κ3) is 7.25. The fourth-order valence-corrected chi connectivity index (χ4v) is 3.06. The molecule has 0 spiro atoms. The van der Waals surface area contributed by atoms with Crippen LogP contribution in [-0.4, -0.2) is 38.8 Å². The van der Waals surface area contributed by atoms with Crippen LogP contribution in [0.2, 0.25) is 0 Å². The Balaban J connectivity index is 2.12. The van der Waals surface area contributed by atoms with E-state index in [-0.39, 0.29) is 5.91 Å². The van der Waals surface area contributed by atoms with E-state index in [2.05, 4.69) is 17.6 Å². The van der Waals surface area contributed by atoms with Crippen molar-refractivity contribution in [3.05, 3.63) is 0 Å². The van der Waals surface area contributed by atoms with Crippen molar-refractivity contribution in [3.8, 4) is 0 Å². The standard InChI is InChI=1S/C16H32N2O2/c1-3-4-5-6-8-14-9-7-10-15(14)18-13-16(19)17-11-12-20-2/h14-15,18H,3-13H2,1-2H3,(H,17,19)/t14-,15+/m1/s1. The van der Waals surface area contributed by atoms with Gasteiger partial charge in [-0.3, -0.25) is 4.79 Å². The third-order valence-electron chi connectivity index (χ3n) is 4.24. The quantitative estimate of drug-likeness (QED) is 0.573. The van der Waals surface area contributed by atoms with Crippen molar-refractivity contribution in [1.29, 1.82) is 0 Å². The molecule has 2 atom stereocenters. The minimum Gasteiger partial charge on any atom is -0.383 e. The second-order valence-corrected chi connectivity index (χ2v) is 5.87. The molecule has 1 fully saturated rings. The second kappa shape index (κ2) is 11.1. The third-order valence-corrected chi connectivity index (χ3v) is 4.24. The van der Waals surface area contributed by atoms with Gasteiger partial charge in [0.2, 0.25) is 5.91 Å². The van der Waals surface area contributed by atoms with Gasteiger partial charge in [0.25, 0.3) is 0 Å². The molecule has 0 radical (unpaired) electrons. The number of methoxy groups -OCH3 is 1. The zero-order valence-corrected chi connectivity index (χ0v) is 13.2. The molecule has 0 aliphatic heterocycles. The Morgan fingerprint density at radius 3 is 2.85 bits per heavy atom. The maximum atomic E-state index is 11.7. The van der Waals surface area contributed by atoms with Crippen LogP contribution in [0.1, 0.15) is 58.3 Å². The highest BCUT2D eigenvalue weighted by Gasteiger charge is 2.26. The number of nitrogens with one attached hydrogen (secondary N) is 2. The van der Waals surface area contributed by atoms with Crippen molar-refractivity contribution in [1.82, 2.24) is 10.6 Å². The van der Waals surface area contributed by atoms with E-state index in [9.17, 15) is 4.79 Å². The monoisotopic (exact) mass is 284 g/mol. The Morgan fingerprint density at radius 1 is 1.25 bits per heavy atom. The van der Waals surface area contributed by atoms with Gasteiger partial charge in [0.15, 0.2) is 0 Å². The Kier molecular flexibility index (Phi) is 9.67. The Hall–Kier alpha value is -0.610. The van der Waals surface area contributed by atoms with Crippen LogP contribution >= 0.6 is 0 Å². The van der Waals surface area contributed by atoms with E-state index in [1.807, 2.05) is 0 Å². The average Bonchev–Trinajstić information content (AvgIpc) is 2.89. The molecule has 1 amide bonds. The lowest BCUT2D eigenvalue weighted by atomic mass is 9.96. The number of ether oxygens (including phenoxy) is 1. The number of hydrogen-bond donors (Lipinski definition) is 2. The molecule has 0 aromatic heterocycles. The number of hydrogen-bond acceptors (Lipinski definition) is 3. The molecule has 2 N–H and O–H groups in total. The average molecular weight is 284 g/mol. The fraction of sp³-hybridized carbons (Fsp3) is 0.938. The van der Waals surface area contributed by atoms with E-state index < -0.39 is 0 Å². The number of carbonyl (C=O) groups excluding carboxylic acids is 1. The minimum atomic E-state index is 0.0821. The lowest BCUT2D eigenvalue weighted by Crippen LogP contribution is -2.41. The fourth-order valence-electron chi connectivity index (χ4n) is 3.06. The van der Waals surface area contributed by atoms with Crippen LogP contribution in [0.4, 0.5) is 0 Å². The van der Waals surface area contributed by atoms with Gasteiger partial charge in [-0.2, -0.15) is 0 Å². The SMILES string of the molecule is CCCCCC[C@@H]1CCC[C@@H]1NCC(=O)NCCOC. The van der Waals surface area contributed by atoms with Crippen LogP contribution in [0.25, 0.3) is 0 Å². The predicted octanol–water partition coefficient (Wildman–Crippen LogP) is 2.48. The topological polar surface area (TPSA) is 50.4 Å². The largest absolute Gasteiger partial charge is 0.383 e. The first-order valence-corrected chi connectivity index (χ1v) is 8.27. The smallest absolute Gasteiger partial charge is 0.234 e. The molecular formula is C16H32N2O2. The molecule has 4 nitrogen and oxygen atoms in total. The predicted molar refractivity (Wildman–Crippen MR) is 82.8 cm³/mol. The summed E-state index contributed by atoms with van der Waals surface area (Å²) in [5.41, 5.74) is 0.